The fourth-order valence-corrected chi connectivity index (χ4v) is 1.61. The molecule has 0 spiro atoms. The third-order valence-corrected chi connectivity index (χ3v) is 2.51. The van der Waals surface area contributed by atoms with E-state index < -0.39 is 6.04 Å². The number of nitriles is 1. The first kappa shape index (κ1) is 12.1. The average molecular weight is 242 g/mol. The van der Waals surface area contributed by atoms with E-state index in [0.29, 0.717) is 18.1 Å². The first-order chi connectivity index (χ1) is 8.70. The maximum Gasteiger partial charge on any atom is 0.239 e. The summed E-state index contributed by atoms with van der Waals surface area (Å²) in [5.41, 5.74) is 7.33. The van der Waals surface area contributed by atoms with Gasteiger partial charge in [0.25, 0.3) is 0 Å². The zero-order valence-corrected chi connectivity index (χ0v) is 10.1. The molecule has 1 atom stereocenters. The molecule has 92 valence electrons. The number of aryl methyl sites for hydroxylation is 1. The SMILES string of the molecule is Cn1cc(C(N)C#N)c(OCc2ccccc2)n1. The van der Waals surface area contributed by atoms with E-state index >= 15 is 0 Å². The van der Waals surface area contributed by atoms with Gasteiger partial charge in [0.1, 0.15) is 12.6 Å². The minimum atomic E-state index is -0.718. The van der Waals surface area contributed by atoms with Crippen LogP contribution in [0.4, 0.5) is 0 Å². The van der Waals surface area contributed by atoms with Crippen molar-refractivity contribution in [1.29, 1.82) is 5.26 Å². The number of hydrogen-bond donors (Lipinski definition) is 1. The highest BCUT2D eigenvalue weighted by Crippen LogP contribution is 2.22. The van der Waals surface area contributed by atoms with Gasteiger partial charge in [0.15, 0.2) is 0 Å². The zero-order valence-electron chi connectivity index (χ0n) is 10.1. The summed E-state index contributed by atoms with van der Waals surface area (Å²) >= 11 is 0. The van der Waals surface area contributed by atoms with E-state index in [1.165, 1.54) is 0 Å². The van der Waals surface area contributed by atoms with Crippen LogP contribution in [0.1, 0.15) is 17.2 Å². The summed E-state index contributed by atoms with van der Waals surface area (Å²) in [4.78, 5) is 0. The van der Waals surface area contributed by atoms with Crippen molar-refractivity contribution in [3.63, 3.8) is 0 Å². The summed E-state index contributed by atoms with van der Waals surface area (Å²) in [6.07, 6.45) is 1.70. The van der Waals surface area contributed by atoms with E-state index in [9.17, 15) is 0 Å². The Hall–Kier alpha value is -2.32. The molecule has 1 unspecified atom stereocenters. The Morgan fingerprint density at radius 2 is 2.17 bits per heavy atom. The zero-order chi connectivity index (χ0) is 13.0. The quantitative estimate of drug-likeness (QED) is 0.881. The molecule has 5 nitrogen and oxygen atoms in total. The minimum absolute atomic E-state index is 0.406. The molecule has 0 aliphatic heterocycles. The van der Waals surface area contributed by atoms with E-state index in [0.717, 1.165) is 5.56 Å². The van der Waals surface area contributed by atoms with Crippen molar-refractivity contribution in [1.82, 2.24) is 9.78 Å². The molecule has 0 fully saturated rings. The fourth-order valence-electron chi connectivity index (χ4n) is 1.61. The molecule has 1 aromatic heterocycles. The molecule has 2 N–H and O–H groups in total. The van der Waals surface area contributed by atoms with Crippen LogP contribution in [0.5, 0.6) is 5.88 Å². The van der Waals surface area contributed by atoms with Gasteiger partial charge in [-0.05, 0) is 5.56 Å². The van der Waals surface area contributed by atoms with Crippen LogP contribution < -0.4 is 10.5 Å². The maximum atomic E-state index is 8.84. The highest BCUT2D eigenvalue weighted by atomic mass is 16.5. The van der Waals surface area contributed by atoms with Crippen LogP contribution >= 0.6 is 0 Å². The van der Waals surface area contributed by atoms with Crippen molar-refractivity contribution in [2.45, 2.75) is 12.6 Å². The first-order valence-electron chi connectivity index (χ1n) is 5.56. The molecule has 2 rings (SSSR count). The Kier molecular flexibility index (Phi) is 3.60. The summed E-state index contributed by atoms with van der Waals surface area (Å²) in [7, 11) is 1.77. The molecule has 0 saturated carbocycles. The Bertz CT molecular complexity index is 556. The van der Waals surface area contributed by atoms with Crippen LogP contribution in [0.2, 0.25) is 0 Å². The summed E-state index contributed by atoms with van der Waals surface area (Å²) in [5, 5.41) is 13.0. The van der Waals surface area contributed by atoms with Gasteiger partial charge < -0.3 is 10.5 Å². The van der Waals surface area contributed by atoms with Gasteiger partial charge in [-0.2, -0.15) is 5.26 Å². The predicted octanol–water partition coefficient (Wildman–Crippen LogP) is 1.52. The summed E-state index contributed by atoms with van der Waals surface area (Å²) in [6.45, 7) is 0.406. The second-order valence-corrected chi connectivity index (χ2v) is 3.94. The van der Waals surface area contributed by atoms with Gasteiger partial charge in [-0.1, -0.05) is 30.3 Å². The average Bonchev–Trinajstić information content (AvgIpc) is 2.78. The topological polar surface area (TPSA) is 76.9 Å². The molecule has 2 aromatic rings. The molecule has 0 saturated heterocycles. The number of nitrogens with zero attached hydrogens (tertiary/aromatic N) is 3. The van der Waals surface area contributed by atoms with Crippen LogP contribution in [0.25, 0.3) is 0 Å². The highest BCUT2D eigenvalue weighted by Gasteiger charge is 2.15. The molecule has 1 heterocycles. The van der Waals surface area contributed by atoms with Crippen molar-refractivity contribution < 1.29 is 4.74 Å². The largest absolute Gasteiger partial charge is 0.471 e. The van der Waals surface area contributed by atoms with Gasteiger partial charge in [0, 0.05) is 13.2 Å². The summed E-state index contributed by atoms with van der Waals surface area (Å²) in [5.74, 6) is 0.412. The molecule has 5 heteroatoms. The number of hydrogen-bond acceptors (Lipinski definition) is 4. The van der Waals surface area contributed by atoms with Gasteiger partial charge in [-0.25, -0.2) is 0 Å². The van der Waals surface area contributed by atoms with Crippen LogP contribution in [0, 0.1) is 11.3 Å². The number of nitrogens with two attached hydrogens (primary N) is 1. The molecule has 0 aliphatic rings. The Morgan fingerprint density at radius 1 is 1.44 bits per heavy atom. The molecular formula is C13H14N4O. The van der Waals surface area contributed by atoms with E-state index in [1.54, 1.807) is 17.9 Å². The van der Waals surface area contributed by atoms with E-state index in [1.807, 2.05) is 36.4 Å². The van der Waals surface area contributed by atoms with Crippen LogP contribution in [-0.2, 0) is 13.7 Å². The Labute approximate surface area is 105 Å². The van der Waals surface area contributed by atoms with Gasteiger partial charge in [-0.3, -0.25) is 4.68 Å². The molecule has 0 aliphatic carbocycles. The fraction of sp³-hybridized carbons (Fsp3) is 0.231. The minimum Gasteiger partial charge on any atom is -0.471 e. The smallest absolute Gasteiger partial charge is 0.239 e. The molecule has 0 bridgehead atoms. The predicted molar refractivity (Wildman–Crippen MR) is 66.5 cm³/mol. The van der Waals surface area contributed by atoms with E-state index in [-0.39, 0.29) is 0 Å². The lowest BCUT2D eigenvalue weighted by molar-refractivity contribution is 0.287. The second kappa shape index (κ2) is 5.34. The van der Waals surface area contributed by atoms with Gasteiger partial charge in [0.05, 0.1) is 11.6 Å². The normalized spacial score (nSPS) is 11.8. The van der Waals surface area contributed by atoms with Crippen molar-refractivity contribution in [3.8, 4) is 11.9 Å². The van der Waals surface area contributed by atoms with Crippen molar-refractivity contribution in [2.75, 3.05) is 0 Å². The molecule has 0 amide bonds. The molecule has 1 aromatic carbocycles. The third-order valence-electron chi connectivity index (χ3n) is 2.51. The van der Waals surface area contributed by atoms with Crippen LogP contribution in [0.15, 0.2) is 36.5 Å². The number of rotatable bonds is 4. The molecule has 18 heavy (non-hydrogen) atoms. The highest BCUT2D eigenvalue weighted by molar-refractivity contribution is 5.31. The van der Waals surface area contributed by atoms with Crippen LogP contribution in [-0.4, -0.2) is 9.78 Å². The van der Waals surface area contributed by atoms with Crippen molar-refractivity contribution in [2.24, 2.45) is 12.8 Å². The van der Waals surface area contributed by atoms with Crippen molar-refractivity contribution in [3.05, 3.63) is 47.7 Å². The molecule has 0 radical (unpaired) electrons. The van der Waals surface area contributed by atoms with Gasteiger partial charge >= 0.3 is 0 Å². The molecular weight excluding hydrogens is 228 g/mol. The van der Waals surface area contributed by atoms with Crippen LogP contribution in [0.3, 0.4) is 0 Å². The Morgan fingerprint density at radius 3 is 2.83 bits per heavy atom. The van der Waals surface area contributed by atoms with E-state index in [4.69, 9.17) is 15.7 Å². The van der Waals surface area contributed by atoms with Gasteiger partial charge in [-0.15, -0.1) is 5.10 Å². The summed E-state index contributed by atoms with van der Waals surface area (Å²) in [6, 6.07) is 11.0. The number of benzene rings is 1. The lowest BCUT2D eigenvalue weighted by Gasteiger charge is -2.06. The van der Waals surface area contributed by atoms with E-state index in [2.05, 4.69) is 5.10 Å². The lowest BCUT2D eigenvalue weighted by Crippen LogP contribution is -2.08. The second-order valence-electron chi connectivity index (χ2n) is 3.94. The Balaban J connectivity index is 2.12. The third kappa shape index (κ3) is 2.67. The standard InChI is InChI=1S/C13H14N4O/c1-17-8-11(12(15)7-14)13(16-17)18-9-10-5-3-2-4-6-10/h2-6,8,12H,9,15H2,1H3. The first-order valence-corrected chi connectivity index (χ1v) is 5.56. The van der Waals surface area contributed by atoms with Crippen molar-refractivity contribution >= 4 is 0 Å². The van der Waals surface area contributed by atoms with Gasteiger partial charge in [0.2, 0.25) is 5.88 Å². The lowest BCUT2D eigenvalue weighted by atomic mass is 10.2. The monoisotopic (exact) mass is 242 g/mol. The number of ether oxygens (including phenoxy) is 1. The summed E-state index contributed by atoms with van der Waals surface area (Å²) < 4.78 is 7.19. The number of aromatic nitrogens is 2. The maximum absolute atomic E-state index is 8.84.